The van der Waals surface area contributed by atoms with E-state index in [1.54, 1.807) is 64.2 Å². The number of rotatable bonds is 21. The number of nitrogens with zero attached hydrogens (tertiary/aromatic N) is 7. The van der Waals surface area contributed by atoms with Gasteiger partial charge in [-0.05, 0) is 99.6 Å². The number of thiazole rings is 2. The van der Waals surface area contributed by atoms with E-state index in [4.69, 9.17) is 20.1 Å². The number of aliphatic hydroxyl groups is 2. The molecule has 2 aliphatic rings. The Bertz CT molecular complexity index is 3440. The average Bonchev–Trinajstić information content (AvgIpc) is 1.73. The smallest absolute Gasteiger partial charge is 0.408 e. The minimum Gasteiger partial charge on any atom is -0.480 e. The summed E-state index contributed by atoms with van der Waals surface area (Å²) in [7, 11) is 0. The van der Waals surface area contributed by atoms with Crippen molar-refractivity contribution in [3.63, 3.8) is 0 Å². The largest absolute Gasteiger partial charge is 0.480 e. The van der Waals surface area contributed by atoms with E-state index in [0.29, 0.717) is 0 Å². The van der Waals surface area contributed by atoms with Crippen LogP contribution in [-0.2, 0) is 62.5 Å². The minimum absolute atomic E-state index is 0.0163. The van der Waals surface area contributed by atoms with Gasteiger partial charge in [0.1, 0.15) is 48.0 Å². The van der Waals surface area contributed by atoms with Crippen LogP contribution in [0.2, 0.25) is 0 Å². The zero-order valence-electron chi connectivity index (χ0n) is 56.6. The van der Waals surface area contributed by atoms with E-state index in [1.165, 1.54) is 9.80 Å². The average molecular weight is 1350 g/mol. The summed E-state index contributed by atoms with van der Waals surface area (Å²) >= 11 is 3.15. The maximum atomic E-state index is 14.1. The molecule has 7 atom stereocenters. The number of amides is 7. The molecule has 7 rings (SSSR count). The van der Waals surface area contributed by atoms with Crippen molar-refractivity contribution in [2.45, 2.75) is 183 Å². The van der Waals surface area contributed by atoms with Gasteiger partial charge in [-0.3, -0.25) is 24.0 Å². The van der Waals surface area contributed by atoms with Gasteiger partial charge in [0.15, 0.2) is 0 Å². The molecular formula is C67H92N12O14S2. The third-order valence-corrected chi connectivity index (χ3v) is 16.6. The number of carboxylic acids is 1. The van der Waals surface area contributed by atoms with Crippen molar-refractivity contribution in [3.8, 4) is 20.9 Å². The molecule has 0 spiro atoms. The summed E-state index contributed by atoms with van der Waals surface area (Å²) in [4.78, 5) is 119. The monoisotopic (exact) mass is 1350 g/mol. The van der Waals surface area contributed by atoms with Crippen LogP contribution in [0.3, 0.4) is 0 Å². The normalized spacial score (nSPS) is 17.2. The number of aliphatic carboxylic acids is 1. The Balaban J connectivity index is 0.000000307. The van der Waals surface area contributed by atoms with Crippen molar-refractivity contribution in [2.24, 2.45) is 15.9 Å². The summed E-state index contributed by atoms with van der Waals surface area (Å²) in [5.74, 6) is -3.27. The highest BCUT2D eigenvalue weighted by Gasteiger charge is 2.47. The molecule has 2 aromatic heterocycles. The van der Waals surface area contributed by atoms with Crippen LogP contribution in [0.15, 0.2) is 95.0 Å². The first kappa shape index (κ1) is 77.2. The number of aryl methyl sites for hydroxylation is 2. The van der Waals surface area contributed by atoms with Crippen molar-refractivity contribution in [1.29, 1.82) is 0 Å². The van der Waals surface area contributed by atoms with Gasteiger partial charge in [0.25, 0.3) is 0 Å². The van der Waals surface area contributed by atoms with Crippen LogP contribution >= 0.6 is 22.7 Å². The first-order valence-corrected chi connectivity index (χ1v) is 32.9. The first-order chi connectivity index (χ1) is 44.4. The number of carboxylic acid groups (broad SMARTS) is 1. The molecule has 8 N–H and O–H groups in total. The number of likely N-dealkylation sites (tertiary alicyclic amines) is 2. The highest BCUT2D eigenvalue weighted by Crippen LogP contribution is 2.31. The molecule has 26 nitrogen and oxygen atoms in total. The number of alkyl carbamates (subject to hydrolysis) is 2. The van der Waals surface area contributed by atoms with Crippen LogP contribution in [0.4, 0.5) is 9.59 Å². The number of nitrogens with one attached hydrogen (secondary N) is 5. The Morgan fingerprint density at radius 2 is 1.04 bits per heavy atom. The number of hydrogen-bond donors (Lipinski definition) is 8. The summed E-state index contributed by atoms with van der Waals surface area (Å²) in [6, 6.07) is 20.1. The molecule has 3 aromatic carbocycles. The fraction of sp³-hybridized carbons (Fsp3) is 0.522. The van der Waals surface area contributed by atoms with Gasteiger partial charge in [-0.15, -0.1) is 22.7 Å². The van der Waals surface area contributed by atoms with E-state index in [9.17, 15) is 48.6 Å². The predicted molar refractivity (Wildman–Crippen MR) is 360 cm³/mol. The third-order valence-electron chi connectivity index (χ3n) is 14.7. The molecule has 7 amide bonds. The molecule has 516 valence electrons. The van der Waals surface area contributed by atoms with Gasteiger partial charge in [0, 0.05) is 56.9 Å². The lowest BCUT2D eigenvalue weighted by molar-refractivity contribution is -0.144. The highest BCUT2D eigenvalue weighted by atomic mass is 32.1. The molecule has 5 aromatic rings. The van der Waals surface area contributed by atoms with Gasteiger partial charge in [-0.25, -0.2) is 24.4 Å². The fourth-order valence-electron chi connectivity index (χ4n) is 10.0. The lowest BCUT2D eigenvalue weighted by atomic mass is 9.85. The second kappa shape index (κ2) is 34.8. The predicted octanol–water partition coefficient (Wildman–Crippen LogP) is 8.40. The van der Waals surface area contributed by atoms with Crippen LogP contribution in [0.25, 0.3) is 31.3 Å². The Morgan fingerprint density at radius 1 is 0.621 bits per heavy atom. The number of β-amino-alcohol motifs (C(OH)–C–C–N with tert-alkyl or cyclic N) is 2. The second-order valence-corrected chi connectivity index (χ2v) is 28.9. The SMILES string of the molecule is Cc1ncsc1-c1ccc(CNC(=O)[C@@H]2C[C@@H](O)CN2C(=O)[C@@H](NC(=O)OC(C)(C)C)C(C)(C)C)cc1.Cc1ncsc1-c1ccc(CNC(=O)[C@@H]2C[C@@H](O)CN2C(=O)[C@@H](NC(=O)[C@H](Cc2ccccc2)NC(=O)OC(C)(C)C)C(C)(C)C)cc1.[N-]=[N+]=NCCOCC(=O)O. The van der Waals surface area contributed by atoms with Gasteiger partial charge in [0.2, 0.25) is 29.5 Å². The Kier molecular flexibility index (Phi) is 28.2. The summed E-state index contributed by atoms with van der Waals surface area (Å²) in [5, 5.41) is 46.1. The van der Waals surface area contributed by atoms with E-state index < -0.39 is 106 Å². The zero-order valence-corrected chi connectivity index (χ0v) is 58.2. The topological polar surface area (TPSA) is 366 Å². The number of azide groups is 1. The molecule has 0 saturated carbocycles. The number of aliphatic hydroxyl groups excluding tert-OH is 2. The minimum atomic E-state index is -1.06. The lowest BCUT2D eigenvalue weighted by Crippen LogP contribution is -2.60. The number of hydrogen-bond acceptors (Lipinski definition) is 18. The number of carbonyl (C=O) groups excluding carboxylic acids is 7. The molecular weight excluding hydrogens is 1260 g/mol. The summed E-state index contributed by atoms with van der Waals surface area (Å²) < 4.78 is 15.3. The highest BCUT2D eigenvalue weighted by molar-refractivity contribution is 7.13. The van der Waals surface area contributed by atoms with E-state index in [0.717, 1.165) is 49.0 Å². The number of benzene rings is 3. The van der Waals surface area contributed by atoms with Gasteiger partial charge < -0.3 is 65.9 Å². The Labute approximate surface area is 562 Å². The quantitative estimate of drug-likeness (QED) is 0.0148. The molecule has 0 unspecified atom stereocenters. The van der Waals surface area contributed by atoms with E-state index in [1.807, 2.05) is 145 Å². The molecule has 2 aliphatic heterocycles. The van der Waals surface area contributed by atoms with Crippen molar-refractivity contribution in [3.05, 3.63) is 128 Å². The Hall–Kier alpha value is -8.53. The number of ether oxygens (including phenoxy) is 3. The molecule has 2 fully saturated rings. The Morgan fingerprint density at radius 3 is 1.42 bits per heavy atom. The summed E-state index contributed by atoms with van der Waals surface area (Å²) in [6.07, 6.45) is -2.84. The molecule has 0 aliphatic carbocycles. The van der Waals surface area contributed by atoms with E-state index in [-0.39, 0.29) is 71.1 Å². The van der Waals surface area contributed by atoms with Crippen LogP contribution in [0.1, 0.15) is 124 Å². The van der Waals surface area contributed by atoms with Crippen LogP contribution in [0, 0.1) is 24.7 Å². The van der Waals surface area contributed by atoms with Crippen molar-refractivity contribution < 1.29 is 67.9 Å². The third kappa shape index (κ3) is 25.0. The van der Waals surface area contributed by atoms with Crippen molar-refractivity contribution in [2.75, 3.05) is 32.8 Å². The summed E-state index contributed by atoms with van der Waals surface area (Å²) in [5.41, 5.74) is 15.1. The second-order valence-electron chi connectivity index (χ2n) is 27.2. The maximum absolute atomic E-state index is 14.1. The van der Waals surface area contributed by atoms with Gasteiger partial charge >= 0.3 is 18.2 Å². The molecule has 0 bridgehead atoms. The molecule has 4 heterocycles. The van der Waals surface area contributed by atoms with Crippen molar-refractivity contribution in [1.82, 2.24) is 46.4 Å². The standard InChI is InChI=1S/C36H47N5O6S.C27H38N4O5S.C4H7N3O3/c1-22-29(48-21-38-22)25-15-13-24(14-16-25)19-37-32(44)28-18-26(42)20-41(28)33(45)30(35(2,3)4)40-31(43)27(17-23-11-9-8-10-12-23)39-34(46)47-36(5,6)7;1-16-21(37-15-29-16)18-10-8-17(9-11-18)13-28-23(33)20-12-19(32)14-31(20)24(34)22(26(2,3)4)30-25(35)36-27(5,6)7;5-7-6-1-2-10-3-4(8)9/h8-16,21,26-28,30,42H,17-20H2,1-7H3,(H,37,44)(H,39,46)(H,40,43);8-11,15,19-20,22,32H,12-14H2,1-7H3,(H,28,33)(H,30,35);1-3H2,(H,8,9)/t26-,27+,28+,30-;19-,20+,22-;/m11./s1. The molecule has 0 radical (unpaired) electrons. The van der Waals surface area contributed by atoms with E-state index >= 15 is 0 Å². The zero-order chi connectivity index (χ0) is 70.6. The van der Waals surface area contributed by atoms with Gasteiger partial charge in [0.05, 0.1) is 51.0 Å². The summed E-state index contributed by atoms with van der Waals surface area (Å²) in [6.45, 7) is 25.7. The number of carbonyl (C=O) groups is 8. The maximum Gasteiger partial charge on any atom is 0.408 e. The van der Waals surface area contributed by atoms with Crippen LogP contribution in [0.5, 0.6) is 0 Å². The molecule has 28 heteroatoms. The lowest BCUT2D eigenvalue weighted by Gasteiger charge is -2.36. The fourth-order valence-corrected chi connectivity index (χ4v) is 11.7. The van der Waals surface area contributed by atoms with Gasteiger partial charge in [-0.1, -0.05) is 126 Å². The van der Waals surface area contributed by atoms with Crippen LogP contribution < -0.4 is 26.6 Å². The number of aromatic nitrogens is 2. The first-order valence-electron chi connectivity index (χ1n) is 31.1. The van der Waals surface area contributed by atoms with Crippen LogP contribution in [-0.4, -0.2) is 169 Å². The van der Waals surface area contributed by atoms with Gasteiger partial charge in [-0.2, -0.15) is 0 Å². The van der Waals surface area contributed by atoms with Crippen molar-refractivity contribution >= 4 is 70.4 Å². The molecule has 95 heavy (non-hydrogen) atoms. The van der Waals surface area contributed by atoms with E-state index in [2.05, 4.69) is 51.3 Å². The molecule has 2 saturated heterocycles.